The van der Waals surface area contributed by atoms with Crippen molar-refractivity contribution in [3.8, 4) is 28.8 Å². The van der Waals surface area contributed by atoms with Gasteiger partial charge < -0.3 is 29.6 Å². The molecule has 0 aliphatic rings. The van der Waals surface area contributed by atoms with Crippen molar-refractivity contribution < 1.29 is 23.7 Å². The van der Waals surface area contributed by atoms with E-state index in [1.54, 1.807) is 82.3 Å². The average Bonchev–Trinajstić information content (AvgIpc) is 3.02. The van der Waals surface area contributed by atoms with Gasteiger partial charge in [-0.1, -0.05) is 18.2 Å². The highest BCUT2D eigenvalue weighted by molar-refractivity contribution is 6.07. The highest BCUT2D eigenvalue weighted by atomic mass is 16.5. The number of fused-ring (bicyclic) bond motifs is 1. The molecule has 214 valence electrons. The molecule has 0 saturated heterocycles. The number of pyridine rings is 3. The SMILES string of the molecule is COCCNc1ccn(-c2ccccc2)c(=O)c1C(=O)Nc1ccc(Oc2ccnc3cc(OC)c(OC)cc23)nc1. The van der Waals surface area contributed by atoms with Crippen LogP contribution in [0.4, 0.5) is 11.4 Å². The fourth-order valence-electron chi connectivity index (χ4n) is 4.34. The summed E-state index contributed by atoms with van der Waals surface area (Å²) in [6.07, 6.45) is 4.71. The van der Waals surface area contributed by atoms with Gasteiger partial charge in [-0.3, -0.25) is 19.1 Å². The number of para-hydroxylation sites is 1. The summed E-state index contributed by atoms with van der Waals surface area (Å²) in [5.74, 6) is 1.32. The number of benzene rings is 2. The Morgan fingerprint density at radius 3 is 2.40 bits per heavy atom. The Kier molecular flexibility index (Phi) is 8.59. The van der Waals surface area contributed by atoms with Crippen LogP contribution in [0.25, 0.3) is 16.6 Å². The van der Waals surface area contributed by atoms with Crippen LogP contribution in [0.2, 0.25) is 0 Å². The first-order valence-corrected chi connectivity index (χ1v) is 13.0. The number of nitrogens with zero attached hydrogens (tertiary/aromatic N) is 3. The number of hydrogen-bond acceptors (Lipinski definition) is 9. The van der Waals surface area contributed by atoms with Gasteiger partial charge in [0.05, 0.1) is 43.9 Å². The van der Waals surface area contributed by atoms with Crippen molar-refractivity contribution in [3.05, 3.63) is 101 Å². The van der Waals surface area contributed by atoms with Gasteiger partial charge in [-0.15, -0.1) is 0 Å². The number of nitrogens with one attached hydrogen (secondary N) is 2. The molecule has 0 atom stereocenters. The van der Waals surface area contributed by atoms with Crippen LogP contribution >= 0.6 is 0 Å². The van der Waals surface area contributed by atoms with E-state index in [-0.39, 0.29) is 5.56 Å². The maximum absolute atomic E-state index is 13.5. The third kappa shape index (κ3) is 6.01. The molecule has 0 aliphatic carbocycles. The van der Waals surface area contributed by atoms with Crippen molar-refractivity contribution in [3.63, 3.8) is 0 Å². The van der Waals surface area contributed by atoms with Crippen LogP contribution in [-0.2, 0) is 4.74 Å². The summed E-state index contributed by atoms with van der Waals surface area (Å²) in [7, 11) is 4.69. The monoisotopic (exact) mass is 567 g/mol. The number of hydrogen-bond donors (Lipinski definition) is 2. The Morgan fingerprint density at radius 1 is 0.905 bits per heavy atom. The van der Waals surface area contributed by atoms with Crippen molar-refractivity contribution in [2.24, 2.45) is 0 Å². The van der Waals surface area contributed by atoms with Crippen molar-refractivity contribution in [2.45, 2.75) is 0 Å². The molecule has 3 heterocycles. The molecule has 11 nitrogen and oxygen atoms in total. The van der Waals surface area contributed by atoms with Gasteiger partial charge in [0.1, 0.15) is 11.3 Å². The summed E-state index contributed by atoms with van der Waals surface area (Å²) in [6.45, 7) is 0.822. The quantitative estimate of drug-likeness (QED) is 0.214. The van der Waals surface area contributed by atoms with E-state index in [9.17, 15) is 9.59 Å². The normalized spacial score (nSPS) is 10.7. The first-order valence-electron chi connectivity index (χ1n) is 13.0. The lowest BCUT2D eigenvalue weighted by Gasteiger charge is -2.15. The molecule has 2 aromatic carbocycles. The van der Waals surface area contributed by atoms with Crippen LogP contribution < -0.4 is 30.4 Å². The highest BCUT2D eigenvalue weighted by Crippen LogP contribution is 2.36. The molecule has 3 aromatic heterocycles. The molecule has 0 saturated carbocycles. The molecule has 0 bridgehead atoms. The first kappa shape index (κ1) is 28.1. The van der Waals surface area contributed by atoms with E-state index in [2.05, 4.69) is 20.6 Å². The summed E-state index contributed by atoms with van der Waals surface area (Å²) in [5, 5.41) is 6.59. The third-order valence-corrected chi connectivity index (χ3v) is 6.39. The van der Waals surface area contributed by atoms with E-state index in [1.165, 1.54) is 10.8 Å². The van der Waals surface area contributed by atoms with Crippen LogP contribution in [0.5, 0.6) is 23.1 Å². The molecule has 0 unspecified atom stereocenters. The molecule has 0 fully saturated rings. The number of methoxy groups -OCH3 is 3. The smallest absolute Gasteiger partial charge is 0.270 e. The van der Waals surface area contributed by atoms with Crippen molar-refractivity contribution >= 4 is 28.2 Å². The van der Waals surface area contributed by atoms with E-state index in [0.717, 1.165) is 0 Å². The van der Waals surface area contributed by atoms with E-state index >= 15 is 0 Å². The van der Waals surface area contributed by atoms with Crippen LogP contribution in [0.3, 0.4) is 0 Å². The minimum absolute atomic E-state index is 0.0367. The highest BCUT2D eigenvalue weighted by Gasteiger charge is 2.19. The van der Waals surface area contributed by atoms with Gasteiger partial charge >= 0.3 is 0 Å². The number of ether oxygens (including phenoxy) is 4. The van der Waals surface area contributed by atoms with Gasteiger partial charge in [0, 0.05) is 49.3 Å². The Balaban J connectivity index is 1.39. The molecule has 42 heavy (non-hydrogen) atoms. The number of carbonyl (C=O) groups is 1. The number of aromatic nitrogens is 3. The minimum atomic E-state index is -0.582. The molecular weight excluding hydrogens is 538 g/mol. The van der Waals surface area contributed by atoms with Crippen molar-refractivity contribution in [1.29, 1.82) is 0 Å². The predicted molar refractivity (Wildman–Crippen MR) is 160 cm³/mol. The van der Waals surface area contributed by atoms with Crippen LogP contribution in [0.1, 0.15) is 10.4 Å². The first-order chi connectivity index (χ1) is 20.5. The van der Waals surface area contributed by atoms with E-state index in [0.29, 0.717) is 64.2 Å². The van der Waals surface area contributed by atoms with Gasteiger partial charge in [0.15, 0.2) is 11.5 Å². The minimum Gasteiger partial charge on any atom is -0.493 e. The number of amides is 1. The Bertz CT molecular complexity index is 1760. The fraction of sp³-hybridized carbons (Fsp3) is 0.161. The second kappa shape index (κ2) is 12.8. The maximum atomic E-state index is 13.5. The lowest BCUT2D eigenvalue weighted by molar-refractivity contribution is 0.102. The Labute approximate surface area is 241 Å². The summed E-state index contributed by atoms with van der Waals surface area (Å²) < 4.78 is 23.3. The third-order valence-electron chi connectivity index (χ3n) is 6.39. The predicted octanol–water partition coefficient (Wildman–Crippen LogP) is 4.90. The zero-order valence-corrected chi connectivity index (χ0v) is 23.3. The van der Waals surface area contributed by atoms with Crippen molar-refractivity contribution in [2.75, 3.05) is 45.1 Å². The van der Waals surface area contributed by atoms with E-state index in [4.69, 9.17) is 18.9 Å². The average molecular weight is 568 g/mol. The number of carbonyl (C=O) groups excluding carboxylic acids is 1. The van der Waals surface area contributed by atoms with E-state index < -0.39 is 11.5 Å². The number of anilines is 2. The molecular formula is C31H29N5O6. The maximum Gasteiger partial charge on any atom is 0.270 e. The lowest BCUT2D eigenvalue weighted by Crippen LogP contribution is -2.30. The molecule has 0 radical (unpaired) electrons. The molecule has 5 aromatic rings. The molecule has 0 spiro atoms. The molecule has 11 heteroatoms. The van der Waals surface area contributed by atoms with Gasteiger partial charge in [-0.05, 0) is 36.4 Å². The molecule has 1 amide bonds. The molecule has 0 aliphatic heterocycles. The molecule has 5 rings (SSSR count). The van der Waals surface area contributed by atoms with Gasteiger partial charge in [0.25, 0.3) is 11.5 Å². The van der Waals surface area contributed by atoms with Crippen molar-refractivity contribution in [1.82, 2.24) is 14.5 Å². The molecule has 2 N–H and O–H groups in total. The summed E-state index contributed by atoms with van der Waals surface area (Å²) in [4.78, 5) is 35.6. The largest absolute Gasteiger partial charge is 0.493 e. The standard InChI is InChI=1S/C31H29N5O6/c1-39-16-14-33-23-12-15-36(21-7-5-4-6-8-21)31(38)29(23)30(37)35-20-9-10-28(34-19-20)42-25-11-13-32-24-18-27(41-3)26(40-2)17-22(24)25/h4-13,15,17-19,33H,14,16H2,1-3H3,(H,35,37). The Morgan fingerprint density at radius 2 is 1.69 bits per heavy atom. The number of rotatable bonds is 11. The topological polar surface area (TPSA) is 126 Å². The second-order valence-corrected chi connectivity index (χ2v) is 9.01. The zero-order valence-electron chi connectivity index (χ0n) is 23.3. The van der Waals surface area contributed by atoms with Crippen LogP contribution in [-0.4, -0.2) is 54.9 Å². The summed E-state index contributed by atoms with van der Waals surface area (Å²) in [6, 6.07) is 19.3. The van der Waals surface area contributed by atoms with Gasteiger partial charge in [-0.25, -0.2) is 4.98 Å². The van der Waals surface area contributed by atoms with Crippen LogP contribution in [0.15, 0.2) is 90.1 Å². The lowest BCUT2D eigenvalue weighted by atomic mass is 10.2. The van der Waals surface area contributed by atoms with Gasteiger partial charge in [-0.2, -0.15) is 0 Å². The van der Waals surface area contributed by atoms with E-state index in [1.807, 2.05) is 18.2 Å². The van der Waals surface area contributed by atoms with Crippen LogP contribution in [0, 0.1) is 0 Å². The fourth-order valence-corrected chi connectivity index (χ4v) is 4.34. The summed E-state index contributed by atoms with van der Waals surface area (Å²) >= 11 is 0. The van der Waals surface area contributed by atoms with Gasteiger partial charge in [0.2, 0.25) is 5.88 Å². The zero-order chi connectivity index (χ0) is 29.5. The summed E-state index contributed by atoms with van der Waals surface area (Å²) in [5.41, 5.74) is 1.58. The second-order valence-electron chi connectivity index (χ2n) is 9.01. The Hall–Kier alpha value is -5.42.